The summed E-state index contributed by atoms with van der Waals surface area (Å²) in [5.41, 5.74) is 21.8. The Hall–Kier alpha value is -6.64. The zero-order chi connectivity index (χ0) is 38.9. The molecular weight excluding hydrogens is 701 g/mol. The van der Waals surface area contributed by atoms with Crippen molar-refractivity contribution < 1.29 is 0 Å². The first-order valence-corrected chi connectivity index (χ1v) is 20.8. The second kappa shape index (κ2) is 11.9. The lowest BCUT2D eigenvalue weighted by Crippen LogP contribution is -2.24. The number of fused-ring (bicyclic) bond motifs is 11. The first-order chi connectivity index (χ1) is 28.3. The topological polar surface area (TPSA) is 8.17 Å². The van der Waals surface area contributed by atoms with Crippen LogP contribution < -0.4 is 4.90 Å². The molecule has 278 valence electrons. The molecule has 0 fully saturated rings. The molecule has 2 heteroatoms. The minimum absolute atomic E-state index is 0.0311. The van der Waals surface area contributed by atoms with Gasteiger partial charge in [0.25, 0.3) is 0 Å². The lowest BCUT2D eigenvalue weighted by Gasteiger charge is -2.31. The highest BCUT2D eigenvalue weighted by molar-refractivity contribution is 6.10. The van der Waals surface area contributed by atoms with Gasteiger partial charge in [-0.15, -0.1) is 0 Å². The van der Waals surface area contributed by atoms with E-state index in [0.717, 1.165) is 6.42 Å². The minimum atomic E-state index is -0.0809. The quantitative estimate of drug-likeness (QED) is 0.175. The van der Waals surface area contributed by atoms with E-state index >= 15 is 0 Å². The van der Waals surface area contributed by atoms with Crippen molar-refractivity contribution >= 4 is 56.6 Å². The van der Waals surface area contributed by atoms with Crippen molar-refractivity contribution in [2.45, 2.75) is 44.9 Å². The summed E-state index contributed by atoms with van der Waals surface area (Å²) < 4.78 is 2.41. The molecule has 0 saturated carbocycles. The molecule has 0 radical (unpaired) electrons. The molecule has 1 aromatic heterocycles. The number of hydrogen-bond acceptors (Lipinski definition) is 1. The van der Waals surface area contributed by atoms with E-state index in [-0.39, 0.29) is 10.8 Å². The van der Waals surface area contributed by atoms with Gasteiger partial charge in [-0.2, -0.15) is 0 Å². The van der Waals surface area contributed by atoms with Crippen LogP contribution in [-0.2, 0) is 10.8 Å². The second-order valence-electron chi connectivity index (χ2n) is 17.8. The van der Waals surface area contributed by atoms with E-state index in [1.807, 2.05) is 0 Å². The average Bonchev–Trinajstić information content (AvgIpc) is 3.74. The molecule has 3 aliphatic carbocycles. The molecule has 0 saturated heterocycles. The highest BCUT2D eigenvalue weighted by Crippen LogP contribution is 2.56. The highest BCUT2D eigenvalue weighted by atomic mass is 15.1. The maximum atomic E-state index is 2.55. The van der Waals surface area contributed by atoms with Crippen molar-refractivity contribution in [3.05, 3.63) is 197 Å². The van der Waals surface area contributed by atoms with Crippen LogP contribution >= 0.6 is 0 Å². The molecule has 7 aromatic carbocycles. The Kier molecular flexibility index (Phi) is 6.90. The summed E-state index contributed by atoms with van der Waals surface area (Å²) in [6.45, 7) is 9.64. The maximum absolute atomic E-state index is 2.55. The van der Waals surface area contributed by atoms with Gasteiger partial charge in [0.2, 0.25) is 0 Å². The van der Waals surface area contributed by atoms with Crippen molar-refractivity contribution in [2.75, 3.05) is 4.90 Å². The summed E-state index contributed by atoms with van der Waals surface area (Å²) in [6, 6.07) is 54.8. The van der Waals surface area contributed by atoms with Crippen LogP contribution in [0.25, 0.3) is 67.5 Å². The molecule has 0 N–H and O–H groups in total. The molecule has 1 unspecified atom stereocenters. The van der Waals surface area contributed by atoms with Gasteiger partial charge in [-0.1, -0.05) is 143 Å². The van der Waals surface area contributed by atoms with Crippen LogP contribution in [0, 0.1) is 5.92 Å². The zero-order valence-electron chi connectivity index (χ0n) is 33.4. The van der Waals surface area contributed by atoms with E-state index in [1.165, 1.54) is 106 Å². The van der Waals surface area contributed by atoms with Crippen LogP contribution in [0.4, 0.5) is 17.1 Å². The number of aromatic nitrogens is 1. The van der Waals surface area contributed by atoms with Crippen LogP contribution in [0.1, 0.15) is 67.5 Å². The Morgan fingerprint density at radius 1 is 0.517 bits per heavy atom. The van der Waals surface area contributed by atoms with Crippen molar-refractivity contribution in [1.82, 2.24) is 4.57 Å². The predicted octanol–water partition coefficient (Wildman–Crippen LogP) is 15.0. The SMILES string of the molecule is CC1(C)c2ccccc2-c2cc3c(cc21)C=Cc1cc(-c2ccc4c5ccccc5n(-c5ccccc5)c4c2)ccc1N3c1ccc2c(c1)C(C)(C)C1CC=CC=C21. The van der Waals surface area contributed by atoms with E-state index in [1.54, 1.807) is 0 Å². The highest BCUT2D eigenvalue weighted by Gasteiger charge is 2.43. The van der Waals surface area contributed by atoms with Gasteiger partial charge in [0.15, 0.2) is 0 Å². The van der Waals surface area contributed by atoms with Crippen molar-refractivity contribution in [3.8, 4) is 27.9 Å². The Balaban J connectivity index is 1.06. The first kappa shape index (κ1) is 33.5. The normalized spacial score (nSPS) is 17.6. The first-order valence-electron chi connectivity index (χ1n) is 20.8. The monoisotopic (exact) mass is 744 g/mol. The van der Waals surface area contributed by atoms with E-state index < -0.39 is 0 Å². The van der Waals surface area contributed by atoms with E-state index in [4.69, 9.17) is 0 Å². The van der Waals surface area contributed by atoms with E-state index in [9.17, 15) is 0 Å². The number of rotatable bonds is 3. The third-order valence-corrected chi connectivity index (χ3v) is 14.0. The van der Waals surface area contributed by atoms with E-state index in [2.05, 4.69) is 213 Å². The lowest BCUT2D eigenvalue weighted by atomic mass is 9.74. The number of hydrogen-bond donors (Lipinski definition) is 0. The van der Waals surface area contributed by atoms with Gasteiger partial charge < -0.3 is 9.47 Å². The summed E-state index contributed by atoms with van der Waals surface area (Å²) in [5, 5.41) is 2.54. The van der Waals surface area contributed by atoms with Crippen molar-refractivity contribution in [1.29, 1.82) is 0 Å². The number of anilines is 3. The van der Waals surface area contributed by atoms with Gasteiger partial charge in [0, 0.05) is 27.6 Å². The average molecular weight is 745 g/mol. The van der Waals surface area contributed by atoms with E-state index in [0.29, 0.717) is 5.92 Å². The van der Waals surface area contributed by atoms with Gasteiger partial charge in [-0.3, -0.25) is 0 Å². The lowest BCUT2D eigenvalue weighted by molar-refractivity contribution is 0.415. The van der Waals surface area contributed by atoms with Crippen LogP contribution in [0.15, 0.2) is 164 Å². The number of para-hydroxylation sites is 2. The molecule has 0 bridgehead atoms. The molecule has 2 heterocycles. The maximum Gasteiger partial charge on any atom is 0.0547 e. The van der Waals surface area contributed by atoms with Crippen LogP contribution in [0.5, 0.6) is 0 Å². The van der Waals surface area contributed by atoms with Gasteiger partial charge in [0.1, 0.15) is 0 Å². The van der Waals surface area contributed by atoms with Gasteiger partial charge >= 0.3 is 0 Å². The molecular formula is C56H44N2. The molecule has 2 nitrogen and oxygen atoms in total. The fourth-order valence-corrected chi connectivity index (χ4v) is 11.0. The molecule has 12 rings (SSSR count). The van der Waals surface area contributed by atoms with Gasteiger partial charge in [0.05, 0.1) is 22.4 Å². The number of allylic oxidation sites excluding steroid dienone is 4. The molecule has 1 aliphatic heterocycles. The smallest absolute Gasteiger partial charge is 0.0547 e. The summed E-state index contributed by atoms with van der Waals surface area (Å²) in [5.74, 6) is 0.496. The van der Waals surface area contributed by atoms with Gasteiger partial charge in [-0.25, -0.2) is 0 Å². The van der Waals surface area contributed by atoms with Crippen LogP contribution in [-0.4, -0.2) is 4.57 Å². The summed E-state index contributed by atoms with van der Waals surface area (Å²) in [7, 11) is 0. The molecule has 1 atom stereocenters. The number of benzene rings is 7. The Morgan fingerprint density at radius 2 is 1.26 bits per heavy atom. The standard InChI is InChI=1S/C56H44N2/c1-55(2)48-20-12-9-17-42(48)46-34-53-38(31-49(46)55)23-22-37-30-35(36-24-27-45-44-18-10-13-21-52(44)57(54(45)32-36)39-14-6-5-7-15-39)25-29-51(37)58(53)40-26-28-43-41-16-8-11-19-47(41)56(3,4)50(43)33-40/h5-18,20-34,47H,19H2,1-4H3. The minimum Gasteiger partial charge on any atom is -0.309 e. The number of nitrogens with zero attached hydrogens (tertiary/aromatic N) is 2. The molecule has 0 spiro atoms. The van der Waals surface area contributed by atoms with Crippen LogP contribution in [0.2, 0.25) is 0 Å². The molecule has 8 aromatic rings. The zero-order valence-corrected chi connectivity index (χ0v) is 33.4. The fraction of sp³-hybridized carbons (Fsp3) is 0.143. The third-order valence-electron chi connectivity index (χ3n) is 14.0. The molecule has 4 aliphatic rings. The van der Waals surface area contributed by atoms with Crippen molar-refractivity contribution in [3.63, 3.8) is 0 Å². The second-order valence-corrected chi connectivity index (χ2v) is 17.8. The summed E-state index contributed by atoms with van der Waals surface area (Å²) >= 11 is 0. The Morgan fingerprint density at radius 3 is 2.14 bits per heavy atom. The molecule has 0 amide bonds. The largest absolute Gasteiger partial charge is 0.309 e. The molecule has 58 heavy (non-hydrogen) atoms. The Labute approximate surface area is 340 Å². The summed E-state index contributed by atoms with van der Waals surface area (Å²) in [6.07, 6.45) is 12.7. The Bertz CT molecular complexity index is 3150. The third kappa shape index (κ3) is 4.60. The predicted molar refractivity (Wildman–Crippen MR) is 246 cm³/mol. The van der Waals surface area contributed by atoms with Crippen molar-refractivity contribution in [2.24, 2.45) is 5.92 Å². The van der Waals surface area contributed by atoms with Gasteiger partial charge in [-0.05, 0) is 140 Å². The fourth-order valence-electron chi connectivity index (χ4n) is 11.0. The van der Waals surface area contributed by atoms with Crippen LogP contribution in [0.3, 0.4) is 0 Å². The summed E-state index contributed by atoms with van der Waals surface area (Å²) in [4.78, 5) is 2.55.